The van der Waals surface area contributed by atoms with Crippen LogP contribution in [-0.4, -0.2) is 29.7 Å². The average Bonchev–Trinajstić information content (AvgIpc) is 2.67. The number of hydrogen-bond donors (Lipinski definition) is 2. The van der Waals surface area contributed by atoms with Gasteiger partial charge in [-0.3, -0.25) is 9.36 Å². The zero-order valence-electron chi connectivity index (χ0n) is 17.7. The lowest BCUT2D eigenvalue weighted by atomic mass is 10.0. The first kappa shape index (κ1) is 22.4. The summed E-state index contributed by atoms with van der Waals surface area (Å²) in [6, 6.07) is 12.3. The molecular formula is C21H24N4O5S. The number of pyridine rings is 2. The van der Waals surface area contributed by atoms with Crippen molar-refractivity contribution in [1.29, 1.82) is 0 Å². The number of carbonyl (C=O) groups excluding carboxylic acids is 1. The number of nitrogens with zero attached hydrogens (tertiary/aromatic N) is 2. The van der Waals surface area contributed by atoms with Crippen LogP contribution in [0.5, 0.6) is 0 Å². The molecule has 164 valence electrons. The lowest BCUT2D eigenvalue weighted by molar-refractivity contribution is 0.0569. The second-order valence-corrected chi connectivity index (χ2v) is 9.45. The van der Waals surface area contributed by atoms with Crippen LogP contribution in [0.4, 0.5) is 4.79 Å². The Kier molecular flexibility index (Phi) is 6.14. The third kappa shape index (κ3) is 5.68. The van der Waals surface area contributed by atoms with E-state index in [0.717, 1.165) is 16.5 Å². The number of amides is 1. The fourth-order valence-electron chi connectivity index (χ4n) is 2.94. The zero-order chi connectivity index (χ0) is 22.8. The number of ether oxygens (including phenoxy) is 1. The van der Waals surface area contributed by atoms with E-state index in [9.17, 15) is 18.0 Å². The molecule has 0 unspecified atom stereocenters. The van der Waals surface area contributed by atoms with E-state index >= 15 is 0 Å². The third-order valence-electron chi connectivity index (χ3n) is 4.36. The Morgan fingerprint density at radius 1 is 1.10 bits per heavy atom. The molecule has 1 amide bonds. The molecule has 0 aliphatic carbocycles. The summed E-state index contributed by atoms with van der Waals surface area (Å²) in [5.74, 6) is 0. The fraction of sp³-hybridized carbons (Fsp3) is 0.286. The Balaban J connectivity index is 1.73. The fourth-order valence-corrected chi connectivity index (χ4v) is 3.63. The Hall–Kier alpha value is -3.24. The molecule has 2 heterocycles. The molecule has 9 nitrogen and oxygen atoms in total. The van der Waals surface area contributed by atoms with E-state index in [-0.39, 0.29) is 12.1 Å². The van der Waals surface area contributed by atoms with Crippen LogP contribution in [0.1, 0.15) is 26.3 Å². The van der Waals surface area contributed by atoms with E-state index in [1.54, 1.807) is 52.2 Å². The number of rotatable bonds is 5. The first-order valence-electron chi connectivity index (χ1n) is 9.50. The summed E-state index contributed by atoms with van der Waals surface area (Å²) in [6.45, 7) is 4.91. The Bertz CT molecular complexity index is 1280. The molecule has 31 heavy (non-hydrogen) atoms. The Morgan fingerprint density at radius 2 is 1.77 bits per heavy atom. The quantitative estimate of drug-likeness (QED) is 0.624. The van der Waals surface area contributed by atoms with Crippen LogP contribution in [0.15, 0.2) is 53.5 Å². The maximum atomic E-state index is 12.0. The van der Waals surface area contributed by atoms with Gasteiger partial charge in [0.2, 0.25) is 0 Å². The van der Waals surface area contributed by atoms with Crippen molar-refractivity contribution < 1.29 is 17.9 Å². The second kappa shape index (κ2) is 8.48. The van der Waals surface area contributed by atoms with Crippen LogP contribution in [0.3, 0.4) is 0 Å². The van der Waals surface area contributed by atoms with Crippen molar-refractivity contribution in [3.63, 3.8) is 0 Å². The zero-order valence-corrected chi connectivity index (χ0v) is 18.5. The van der Waals surface area contributed by atoms with Gasteiger partial charge in [0.25, 0.3) is 5.56 Å². The molecular weight excluding hydrogens is 420 g/mol. The van der Waals surface area contributed by atoms with Gasteiger partial charge < -0.3 is 4.74 Å². The number of carbonyl (C=O) groups is 1. The lowest BCUT2D eigenvalue weighted by Crippen LogP contribution is -2.42. The maximum absolute atomic E-state index is 12.0. The van der Waals surface area contributed by atoms with Gasteiger partial charge in [-0.05, 0) is 49.6 Å². The minimum absolute atomic E-state index is 0.00991. The lowest BCUT2D eigenvalue weighted by Gasteiger charge is -2.19. The minimum atomic E-state index is -4.07. The van der Waals surface area contributed by atoms with E-state index in [4.69, 9.17) is 4.74 Å². The predicted octanol–water partition coefficient (Wildman–Crippen LogP) is 2.46. The highest BCUT2D eigenvalue weighted by atomic mass is 32.2. The van der Waals surface area contributed by atoms with Crippen molar-refractivity contribution in [2.24, 2.45) is 7.05 Å². The van der Waals surface area contributed by atoms with Crippen LogP contribution in [-0.2, 0) is 28.5 Å². The summed E-state index contributed by atoms with van der Waals surface area (Å²) in [5.41, 5.74) is 2.13. The van der Waals surface area contributed by atoms with E-state index in [0.29, 0.717) is 11.2 Å². The smallest absolute Gasteiger partial charge is 0.422 e. The molecule has 2 N–H and O–H groups in total. The van der Waals surface area contributed by atoms with Gasteiger partial charge >= 0.3 is 16.3 Å². The number of hydrogen-bond acceptors (Lipinski definition) is 6. The first-order valence-corrected chi connectivity index (χ1v) is 11.0. The number of benzene rings is 1. The van der Waals surface area contributed by atoms with Crippen LogP contribution in [0, 0.1) is 0 Å². The van der Waals surface area contributed by atoms with Crippen LogP contribution in [0.25, 0.3) is 22.2 Å². The van der Waals surface area contributed by atoms with Gasteiger partial charge in [0, 0.05) is 31.2 Å². The van der Waals surface area contributed by atoms with Crippen molar-refractivity contribution in [1.82, 2.24) is 19.0 Å². The highest BCUT2D eigenvalue weighted by molar-refractivity contribution is 7.88. The van der Waals surface area contributed by atoms with Gasteiger partial charge in [0.05, 0.1) is 0 Å². The average molecular weight is 445 g/mol. The largest absolute Gasteiger partial charge is 0.443 e. The molecule has 0 saturated carbocycles. The first-order chi connectivity index (χ1) is 14.5. The van der Waals surface area contributed by atoms with Gasteiger partial charge in [-0.2, -0.15) is 13.1 Å². The van der Waals surface area contributed by atoms with Crippen molar-refractivity contribution in [3.8, 4) is 11.1 Å². The van der Waals surface area contributed by atoms with Crippen LogP contribution >= 0.6 is 0 Å². The maximum Gasteiger partial charge on any atom is 0.422 e. The molecule has 10 heteroatoms. The minimum Gasteiger partial charge on any atom is -0.443 e. The summed E-state index contributed by atoms with van der Waals surface area (Å²) in [5, 5.41) is 0.833. The molecule has 0 atom stereocenters. The molecule has 3 aromatic rings. The molecule has 0 saturated heterocycles. The number of aromatic nitrogens is 2. The van der Waals surface area contributed by atoms with Crippen molar-refractivity contribution in [3.05, 3.63) is 64.6 Å². The summed E-state index contributed by atoms with van der Waals surface area (Å²) in [6.07, 6.45) is 0.593. The predicted molar refractivity (Wildman–Crippen MR) is 118 cm³/mol. The van der Waals surface area contributed by atoms with Gasteiger partial charge in [0.15, 0.2) is 0 Å². The normalized spacial score (nSPS) is 12.0. The molecule has 1 aromatic carbocycles. The standard InChI is InChI=1S/C21H24N4O5S/c1-21(2,3)30-20(27)24-31(28,29)23-13-14-5-7-15(8-6-14)16-11-12-22-19-17(16)9-10-18(26)25(19)4/h5-12,23H,13H2,1-4H3,(H,24,27). The second-order valence-electron chi connectivity index (χ2n) is 7.95. The number of aryl methyl sites for hydroxylation is 1. The van der Waals surface area contributed by atoms with Gasteiger partial charge in [-0.25, -0.2) is 14.5 Å². The molecule has 0 radical (unpaired) electrons. The molecule has 0 aliphatic heterocycles. The summed E-state index contributed by atoms with van der Waals surface area (Å²) in [7, 11) is -2.40. The molecule has 3 rings (SSSR count). The van der Waals surface area contributed by atoms with Gasteiger partial charge in [-0.15, -0.1) is 0 Å². The SMILES string of the molecule is Cn1c(=O)ccc2c(-c3ccc(CNS(=O)(=O)NC(=O)OC(C)(C)C)cc3)ccnc21. The summed E-state index contributed by atoms with van der Waals surface area (Å²) < 4.78 is 34.6. The molecule has 0 aliphatic rings. The molecule has 0 bridgehead atoms. The van der Waals surface area contributed by atoms with E-state index in [1.807, 2.05) is 22.9 Å². The molecule has 2 aromatic heterocycles. The van der Waals surface area contributed by atoms with Crippen LogP contribution in [0.2, 0.25) is 0 Å². The number of fused-ring (bicyclic) bond motifs is 1. The molecule has 0 spiro atoms. The van der Waals surface area contributed by atoms with Crippen molar-refractivity contribution >= 4 is 27.3 Å². The van der Waals surface area contributed by atoms with Gasteiger partial charge in [0.1, 0.15) is 11.2 Å². The third-order valence-corrected chi connectivity index (χ3v) is 5.32. The van der Waals surface area contributed by atoms with Crippen molar-refractivity contribution in [2.75, 3.05) is 0 Å². The Labute approximate surface area is 180 Å². The van der Waals surface area contributed by atoms with E-state index in [2.05, 4.69) is 9.71 Å². The Morgan fingerprint density at radius 3 is 2.42 bits per heavy atom. The highest BCUT2D eigenvalue weighted by Gasteiger charge is 2.21. The topological polar surface area (TPSA) is 119 Å². The highest BCUT2D eigenvalue weighted by Crippen LogP contribution is 2.26. The summed E-state index contributed by atoms with van der Waals surface area (Å²) >= 11 is 0. The van der Waals surface area contributed by atoms with Crippen LogP contribution < -0.4 is 15.0 Å². The van der Waals surface area contributed by atoms with E-state index in [1.165, 1.54) is 10.6 Å². The van der Waals surface area contributed by atoms with Crippen molar-refractivity contribution in [2.45, 2.75) is 32.9 Å². The summed E-state index contributed by atoms with van der Waals surface area (Å²) in [4.78, 5) is 27.8. The number of nitrogens with one attached hydrogen (secondary N) is 2. The molecule has 0 fully saturated rings. The van der Waals surface area contributed by atoms with Gasteiger partial charge in [-0.1, -0.05) is 24.3 Å². The monoisotopic (exact) mass is 444 g/mol. The van der Waals surface area contributed by atoms with E-state index < -0.39 is 21.9 Å².